The zero-order chi connectivity index (χ0) is 17.5. The Morgan fingerprint density at radius 3 is 2.60 bits per heavy atom. The van der Waals surface area contributed by atoms with Gasteiger partial charge in [-0.2, -0.15) is 0 Å². The van der Waals surface area contributed by atoms with Gasteiger partial charge in [0.1, 0.15) is 6.61 Å². The van der Waals surface area contributed by atoms with Crippen molar-refractivity contribution in [3.63, 3.8) is 0 Å². The Bertz CT molecular complexity index is 700. The van der Waals surface area contributed by atoms with E-state index in [1.165, 1.54) is 0 Å². The van der Waals surface area contributed by atoms with Gasteiger partial charge in [-0.15, -0.1) is 0 Å². The van der Waals surface area contributed by atoms with Crippen molar-refractivity contribution in [2.75, 3.05) is 32.9 Å². The van der Waals surface area contributed by atoms with Crippen LogP contribution in [-0.2, 0) is 11.3 Å². The lowest BCUT2D eigenvalue weighted by molar-refractivity contribution is 0.0302. The number of aromatic nitrogens is 1. The summed E-state index contributed by atoms with van der Waals surface area (Å²) >= 11 is 0. The number of nitrogens with zero attached hydrogens (tertiary/aromatic N) is 2. The molecule has 1 aromatic carbocycles. The molecule has 1 aliphatic rings. The van der Waals surface area contributed by atoms with Crippen LogP contribution in [0.5, 0.6) is 11.5 Å². The van der Waals surface area contributed by atoms with Crippen LogP contribution in [-0.4, -0.2) is 48.7 Å². The van der Waals surface area contributed by atoms with Crippen LogP contribution in [0.3, 0.4) is 0 Å². The second kappa shape index (κ2) is 8.48. The number of ether oxygens (including phenoxy) is 3. The fourth-order valence-electron chi connectivity index (χ4n) is 2.62. The summed E-state index contributed by atoms with van der Waals surface area (Å²) in [6, 6.07) is 9.12. The number of amides is 1. The summed E-state index contributed by atoms with van der Waals surface area (Å²) in [4.78, 5) is 18.4. The van der Waals surface area contributed by atoms with E-state index in [1.54, 1.807) is 35.5 Å². The number of rotatable bonds is 6. The lowest BCUT2D eigenvalue weighted by atomic mass is 10.1. The largest absolute Gasteiger partial charge is 0.490 e. The average Bonchev–Trinajstić information content (AvgIpc) is 2.68. The van der Waals surface area contributed by atoms with Crippen molar-refractivity contribution in [1.82, 2.24) is 9.88 Å². The summed E-state index contributed by atoms with van der Waals surface area (Å²) in [7, 11) is 0. The first-order valence-corrected chi connectivity index (χ1v) is 8.43. The van der Waals surface area contributed by atoms with Crippen LogP contribution in [0.1, 0.15) is 22.8 Å². The Morgan fingerprint density at radius 1 is 1.12 bits per heavy atom. The molecule has 1 fully saturated rings. The maximum Gasteiger partial charge on any atom is 0.254 e. The summed E-state index contributed by atoms with van der Waals surface area (Å²) in [5.41, 5.74) is 1.62. The van der Waals surface area contributed by atoms with Crippen LogP contribution < -0.4 is 9.47 Å². The molecule has 0 unspecified atom stereocenters. The van der Waals surface area contributed by atoms with E-state index in [1.807, 2.05) is 19.1 Å². The van der Waals surface area contributed by atoms with E-state index in [9.17, 15) is 4.79 Å². The van der Waals surface area contributed by atoms with Crippen molar-refractivity contribution in [3.05, 3.63) is 53.9 Å². The molecule has 3 rings (SSSR count). The molecule has 1 aromatic heterocycles. The van der Waals surface area contributed by atoms with Crippen LogP contribution in [0.25, 0.3) is 0 Å². The lowest BCUT2D eigenvalue weighted by Crippen LogP contribution is -2.40. The van der Waals surface area contributed by atoms with Crippen LogP contribution >= 0.6 is 0 Å². The monoisotopic (exact) mass is 342 g/mol. The summed E-state index contributed by atoms with van der Waals surface area (Å²) in [6.07, 6.45) is 3.46. The van der Waals surface area contributed by atoms with E-state index < -0.39 is 0 Å². The minimum absolute atomic E-state index is 0.00932. The van der Waals surface area contributed by atoms with Crippen LogP contribution in [0.15, 0.2) is 42.7 Å². The highest BCUT2D eigenvalue weighted by Crippen LogP contribution is 2.30. The third kappa shape index (κ3) is 4.48. The first-order valence-electron chi connectivity index (χ1n) is 8.43. The van der Waals surface area contributed by atoms with E-state index in [2.05, 4.69) is 4.98 Å². The maximum absolute atomic E-state index is 12.6. The molecule has 1 saturated heterocycles. The van der Waals surface area contributed by atoms with E-state index in [0.717, 1.165) is 5.56 Å². The number of pyridine rings is 1. The first kappa shape index (κ1) is 17.2. The Labute approximate surface area is 147 Å². The van der Waals surface area contributed by atoms with Gasteiger partial charge in [-0.3, -0.25) is 9.78 Å². The molecule has 0 saturated carbocycles. The molecule has 0 spiro atoms. The van der Waals surface area contributed by atoms with Gasteiger partial charge < -0.3 is 19.1 Å². The maximum atomic E-state index is 12.6. The zero-order valence-corrected chi connectivity index (χ0v) is 14.3. The predicted molar refractivity (Wildman–Crippen MR) is 92.9 cm³/mol. The summed E-state index contributed by atoms with van der Waals surface area (Å²) in [5.74, 6) is 1.19. The third-order valence-corrected chi connectivity index (χ3v) is 3.93. The molecular weight excluding hydrogens is 320 g/mol. The Morgan fingerprint density at radius 2 is 1.88 bits per heavy atom. The molecule has 0 N–H and O–H groups in total. The summed E-state index contributed by atoms with van der Waals surface area (Å²) < 4.78 is 16.8. The highest BCUT2D eigenvalue weighted by atomic mass is 16.5. The van der Waals surface area contributed by atoms with Crippen LogP contribution in [0.4, 0.5) is 0 Å². The minimum Gasteiger partial charge on any atom is -0.490 e. The molecule has 25 heavy (non-hydrogen) atoms. The first-order chi connectivity index (χ1) is 12.3. The summed E-state index contributed by atoms with van der Waals surface area (Å²) in [6.45, 7) is 5.21. The lowest BCUT2D eigenvalue weighted by Gasteiger charge is -2.27. The highest BCUT2D eigenvalue weighted by Gasteiger charge is 2.20. The average molecular weight is 342 g/mol. The van der Waals surface area contributed by atoms with Gasteiger partial charge in [0, 0.05) is 31.0 Å². The fraction of sp³-hybridized carbons (Fsp3) is 0.368. The van der Waals surface area contributed by atoms with Gasteiger partial charge in [0.25, 0.3) is 5.91 Å². The number of carbonyl (C=O) groups is 1. The second-order valence-corrected chi connectivity index (χ2v) is 5.64. The number of benzene rings is 1. The minimum atomic E-state index is -0.00932. The standard InChI is InChI=1S/C19H22N2O4/c1-2-24-18-13-16(19(22)21-9-11-23-12-10-21)3-4-17(18)25-14-15-5-7-20-8-6-15/h3-8,13H,2,9-12,14H2,1H3. The third-order valence-electron chi connectivity index (χ3n) is 3.93. The number of carbonyl (C=O) groups excluding carboxylic acids is 1. The van der Waals surface area contributed by atoms with Crippen molar-refractivity contribution >= 4 is 5.91 Å². The van der Waals surface area contributed by atoms with Crippen molar-refractivity contribution < 1.29 is 19.0 Å². The summed E-state index contributed by atoms with van der Waals surface area (Å²) in [5, 5.41) is 0. The topological polar surface area (TPSA) is 60.9 Å². The smallest absolute Gasteiger partial charge is 0.254 e. The van der Waals surface area contributed by atoms with Gasteiger partial charge in [0.2, 0.25) is 0 Å². The SMILES string of the molecule is CCOc1cc(C(=O)N2CCOCC2)ccc1OCc1ccncc1. The fourth-order valence-corrected chi connectivity index (χ4v) is 2.62. The highest BCUT2D eigenvalue weighted by molar-refractivity contribution is 5.95. The van der Waals surface area contributed by atoms with Crippen molar-refractivity contribution in [3.8, 4) is 11.5 Å². The number of morpholine rings is 1. The molecule has 1 aliphatic heterocycles. The van der Waals surface area contributed by atoms with Crippen molar-refractivity contribution in [2.45, 2.75) is 13.5 Å². The molecule has 2 aromatic rings. The van der Waals surface area contributed by atoms with Crippen molar-refractivity contribution in [2.24, 2.45) is 0 Å². The van der Waals surface area contributed by atoms with Gasteiger partial charge in [0.15, 0.2) is 11.5 Å². The number of hydrogen-bond donors (Lipinski definition) is 0. The molecule has 0 aliphatic carbocycles. The van der Waals surface area contributed by atoms with Gasteiger partial charge in [-0.1, -0.05) is 0 Å². The molecule has 6 heteroatoms. The van der Waals surface area contributed by atoms with E-state index >= 15 is 0 Å². The second-order valence-electron chi connectivity index (χ2n) is 5.64. The van der Waals surface area contributed by atoms with Gasteiger partial charge >= 0.3 is 0 Å². The van der Waals surface area contributed by atoms with Gasteiger partial charge in [-0.05, 0) is 42.8 Å². The molecule has 0 bridgehead atoms. The normalized spacial score (nSPS) is 14.2. The van der Waals surface area contributed by atoms with E-state index in [0.29, 0.717) is 56.6 Å². The zero-order valence-electron chi connectivity index (χ0n) is 14.3. The Kier molecular flexibility index (Phi) is 5.85. The molecule has 1 amide bonds. The van der Waals surface area contributed by atoms with E-state index in [4.69, 9.17) is 14.2 Å². The predicted octanol–water partition coefficient (Wildman–Crippen LogP) is 2.53. The van der Waals surface area contributed by atoms with Crippen LogP contribution in [0.2, 0.25) is 0 Å². The molecular formula is C19H22N2O4. The molecule has 0 radical (unpaired) electrons. The molecule has 132 valence electrons. The van der Waals surface area contributed by atoms with Crippen LogP contribution in [0, 0.1) is 0 Å². The Hall–Kier alpha value is -2.60. The molecule has 2 heterocycles. The van der Waals surface area contributed by atoms with Gasteiger partial charge in [0.05, 0.1) is 19.8 Å². The number of hydrogen-bond acceptors (Lipinski definition) is 5. The Balaban J connectivity index is 1.74. The van der Waals surface area contributed by atoms with Gasteiger partial charge in [-0.25, -0.2) is 0 Å². The quantitative estimate of drug-likeness (QED) is 0.807. The molecule has 0 atom stereocenters. The van der Waals surface area contributed by atoms with E-state index in [-0.39, 0.29) is 5.91 Å². The van der Waals surface area contributed by atoms with Crippen molar-refractivity contribution in [1.29, 1.82) is 0 Å². The molecule has 6 nitrogen and oxygen atoms in total.